The fraction of sp³-hybridized carbons (Fsp3) is 0.500. The van der Waals surface area contributed by atoms with Gasteiger partial charge in [-0.2, -0.15) is 0 Å². The Morgan fingerprint density at radius 3 is 2.64 bits per heavy atom. The average molecular weight is 278 g/mol. The minimum absolute atomic E-state index is 0.0832. The van der Waals surface area contributed by atoms with Gasteiger partial charge in [0.15, 0.2) is 0 Å². The Labute approximate surface area is 98.2 Å². The van der Waals surface area contributed by atoms with Gasteiger partial charge in [0.25, 0.3) is 0 Å². The molecule has 1 rings (SSSR count). The number of alkyl halides is 1. The van der Waals surface area contributed by atoms with Crippen molar-refractivity contribution in [2.45, 2.75) is 32.2 Å². The van der Waals surface area contributed by atoms with Gasteiger partial charge in [-0.25, -0.2) is 4.98 Å². The molecule has 0 radical (unpaired) electrons. The largest absolute Gasteiger partial charge is 0.366 e. The van der Waals surface area contributed by atoms with Crippen LogP contribution in [0.5, 0.6) is 0 Å². The van der Waals surface area contributed by atoms with Gasteiger partial charge in [-0.15, -0.1) is 11.6 Å². The van der Waals surface area contributed by atoms with Crippen LogP contribution in [0.4, 0.5) is 5.82 Å². The zero-order chi connectivity index (χ0) is 10.7. The smallest absolute Gasteiger partial charge is 0.129 e. The van der Waals surface area contributed by atoms with Crippen LogP contribution >= 0.6 is 27.5 Å². The van der Waals surface area contributed by atoms with Gasteiger partial charge in [-0.3, -0.25) is 0 Å². The summed E-state index contributed by atoms with van der Waals surface area (Å²) >= 11 is 9.34. The Morgan fingerprint density at radius 2 is 2.14 bits per heavy atom. The van der Waals surface area contributed by atoms with Crippen molar-refractivity contribution >= 4 is 33.3 Å². The number of hydrogen-bond acceptors (Lipinski definition) is 2. The number of aryl methyl sites for hydroxylation is 1. The molecule has 0 amide bonds. The number of halogens is 2. The molecule has 1 N–H and O–H groups in total. The summed E-state index contributed by atoms with van der Waals surface area (Å²) in [6, 6.07) is 2.24. The number of nitrogens with one attached hydrogen (secondary N) is 1. The van der Waals surface area contributed by atoms with Gasteiger partial charge >= 0.3 is 0 Å². The Balaban J connectivity index is 2.77. The van der Waals surface area contributed by atoms with Crippen LogP contribution in [-0.2, 0) is 0 Å². The molecule has 2 atom stereocenters. The summed E-state index contributed by atoms with van der Waals surface area (Å²) in [6.07, 6.45) is 1.78. The van der Waals surface area contributed by atoms with E-state index in [1.54, 1.807) is 6.20 Å². The number of aromatic nitrogens is 1. The maximum absolute atomic E-state index is 5.96. The first kappa shape index (κ1) is 11.8. The molecular weight excluding hydrogens is 263 g/mol. The summed E-state index contributed by atoms with van der Waals surface area (Å²) in [5.41, 5.74) is 1.11. The van der Waals surface area contributed by atoms with E-state index in [0.29, 0.717) is 0 Å². The number of hydrogen-bond donors (Lipinski definition) is 1. The topological polar surface area (TPSA) is 24.9 Å². The molecule has 0 aromatic carbocycles. The van der Waals surface area contributed by atoms with Gasteiger partial charge in [0.05, 0.1) is 5.38 Å². The van der Waals surface area contributed by atoms with Gasteiger partial charge in [0.2, 0.25) is 0 Å². The van der Waals surface area contributed by atoms with Gasteiger partial charge in [-0.05, 0) is 48.3 Å². The second-order valence-corrected chi connectivity index (χ2v) is 5.03. The van der Waals surface area contributed by atoms with E-state index < -0.39 is 0 Å². The van der Waals surface area contributed by atoms with Crippen LogP contribution in [0.25, 0.3) is 0 Å². The van der Waals surface area contributed by atoms with E-state index in [2.05, 4.69) is 26.2 Å². The molecule has 0 saturated heterocycles. The number of rotatable bonds is 3. The second-order valence-electron chi connectivity index (χ2n) is 3.43. The van der Waals surface area contributed by atoms with Crippen molar-refractivity contribution < 1.29 is 0 Å². The van der Waals surface area contributed by atoms with E-state index in [-0.39, 0.29) is 11.4 Å². The van der Waals surface area contributed by atoms with E-state index in [9.17, 15) is 0 Å². The van der Waals surface area contributed by atoms with Crippen molar-refractivity contribution in [1.82, 2.24) is 4.98 Å². The first-order valence-electron chi connectivity index (χ1n) is 4.53. The highest BCUT2D eigenvalue weighted by Crippen LogP contribution is 2.18. The average Bonchev–Trinajstić information content (AvgIpc) is 2.09. The van der Waals surface area contributed by atoms with E-state index in [0.717, 1.165) is 15.9 Å². The van der Waals surface area contributed by atoms with Crippen LogP contribution < -0.4 is 5.32 Å². The van der Waals surface area contributed by atoms with Gasteiger partial charge in [0.1, 0.15) is 5.82 Å². The minimum Gasteiger partial charge on any atom is -0.366 e. The third-order valence-corrected chi connectivity index (χ3v) is 2.91. The Kier molecular flexibility index (Phi) is 4.20. The summed E-state index contributed by atoms with van der Waals surface area (Å²) in [5.74, 6) is 0.896. The zero-order valence-electron chi connectivity index (χ0n) is 8.51. The van der Waals surface area contributed by atoms with E-state index >= 15 is 0 Å². The Hall–Kier alpha value is -0.280. The maximum atomic E-state index is 5.96. The first-order valence-corrected chi connectivity index (χ1v) is 5.76. The predicted molar refractivity (Wildman–Crippen MR) is 65.1 cm³/mol. The van der Waals surface area contributed by atoms with Crippen LogP contribution in [-0.4, -0.2) is 16.4 Å². The van der Waals surface area contributed by atoms with Crippen LogP contribution in [0, 0.1) is 6.92 Å². The van der Waals surface area contributed by atoms with Crippen LogP contribution in [0.2, 0.25) is 0 Å². The summed E-state index contributed by atoms with van der Waals surface area (Å²) in [5, 5.41) is 3.36. The molecule has 0 fully saturated rings. The van der Waals surface area contributed by atoms with Crippen LogP contribution in [0.1, 0.15) is 19.4 Å². The van der Waals surface area contributed by atoms with Crippen molar-refractivity contribution in [1.29, 1.82) is 0 Å². The highest BCUT2D eigenvalue weighted by atomic mass is 79.9. The third kappa shape index (κ3) is 3.14. The lowest BCUT2D eigenvalue weighted by Gasteiger charge is -2.17. The third-order valence-electron chi connectivity index (χ3n) is 2.10. The molecule has 1 aromatic rings. The molecule has 2 unspecified atom stereocenters. The van der Waals surface area contributed by atoms with Crippen molar-refractivity contribution in [3.63, 3.8) is 0 Å². The van der Waals surface area contributed by atoms with Crippen LogP contribution in [0.3, 0.4) is 0 Å². The number of pyridine rings is 1. The fourth-order valence-corrected chi connectivity index (χ4v) is 1.53. The van der Waals surface area contributed by atoms with E-state index in [1.165, 1.54) is 0 Å². The molecule has 1 heterocycles. The second kappa shape index (κ2) is 4.99. The Bertz CT molecular complexity index is 315. The molecule has 0 saturated carbocycles. The Morgan fingerprint density at radius 1 is 1.50 bits per heavy atom. The molecule has 0 spiro atoms. The SMILES string of the molecule is Cc1cc(Br)cnc1NC(C)C(C)Cl. The summed E-state index contributed by atoms with van der Waals surface area (Å²) in [6.45, 7) is 6.03. The molecule has 0 aliphatic heterocycles. The lowest BCUT2D eigenvalue weighted by atomic mass is 10.2. The van der Waals surface area contributed by atoms with Crippen molar-refractivity contribution in [3.8, 4) is 0 Å². The highest BCUT2D eigenvalue weighted by Gasteiger charge is 2.10. The molecule has 1 aromatic heterocycles. The molecule has 14 heavy (non-hydrogen) atoms. The maximum Gasteiger partial charge on any atom is 0.129 e. The molecule has 78 valence electrons. The first-order chi connectivity index (χ1) is 6.50. The monoisotopic (exact) mass is 276 g/mol. The minimum atomic E-state index is 0.0832. The molecule has 0 bridgehead atoms. The van der Waals surface area contributed by atoms with Crippen molar-refractivity contribution in [3.05, 3.63) is 22.3 Å². The van der Waals surface area contributed by atoms with Crippen LogP contribution in [0.15, 0.2) is 16.7 Å². The number of nitrogens with zero attached hydrogens (tertiary/aromatic N) is 1. The molecular formula is C10H14BrClN2. The van der Waals surface area contributed by atoms with Gasteiger partial charge in [0, 0.05) is 16.7 Å². The zero-order valence-corrected chi connectivity index (χ0v) is 10.9. The molecule has 0 aliphatic carbocycles. The molecule has 0 aliphatic rings. The van der Waals surface area contributed by atoms with Crippen molar-refractivity contribution in [2.75, 3.05) is 5.32 Å². The lowest BCUT2D eigenvalue weighted by molar-refractivity contribution is 0.766. The van der Waals surface area contributed by atoms with E-state index in [1.807, 2.05) is 26.8 Å². The summed E-state index contributed by atoms with van der Waals surface area (Å²) in [4.78, 5) is 4.28. The van der Waals surface area contributed by atoms with Gasteiger partial charge in [-0.1, -0.05) is 0 Å². The van der Waals surface area contributed by atoms with Gasteiger partial charge < -0.3 is 5.32 Å². The normalized spacial score (nSPS) is 14.9. The predicted octanol–water partition coefficient (Wildman–Crippen LogP) is 3.58. The van der Waals surface area contributed by atoms with E-state index in [4.69, 9.17) is 11.6 Å². The molecule has 4 heteroatoms. The highest BCUT2D eigenvalue weighted by molar-refractivity contribution is 9.10. The summed E-state index contributed by atoms with van der Waals surface area (Å²) < 4.78 is 0.993. The molecule has 2 nitrogen and oxygen atoms in total. The number of anilines is 1. The quantitative estimate of drug-likeness (QED) is 0.854. The standard InChI is InChI=1S/C10H14BrClN2/c1-6-4-9(11)5-13-10(6)14-8(3)7(2)12/h4-5,7-8H,1-3H3,(H,13,14). The fourth-order valence-electron chi connectivity index (χ4n) is 1.02. The lowest BCUT2D eigenvalue weighted by Crippen LogP contribution is -2.24. The van der Waals surface area contributed by atoms with Crippen molar-refractivity contribution in [2.24, 2.45) is 0 Å². The summed E-state index contributed by atoms with van der Waals surface area (Å²) in [7, 11) is 0.